The number of nitrogens with one attached hydrogen (secondary N) is 2. The van der Waals surface area contributed by atoms with E-state index < -0.39 is 11.8 Å². The highest BCUT2D eigenvalue weighted by molar-refractivity contribution is 7.99. The summed E-state index contributed by atoms with van der Waals surface area (Å²) in [5, 5.41) is 6.77. The van der Waals surface area contributed by atoms with Crippen LogP contribution in [0.2, 0.25) is 0 Å². The van der Waals surface area contributed by atoms with E-state index in [0.717, 1.165) is 16.6 Å². The Morgan fingerprint density at radius 3 is 2.05 bits per heavy atom. The van der Waals surface area contributed by atoms with Gasteiger partial charge in [-0.25, -0.2) is 4.98 Å². The number of carbonyl (C=O) groups excluding carboxylic acids is 2. The van der Waals surface area contributed by atoms with E-state index >= 15 is 0 Å². The van der Waals surface area contributed by atoms with Gasteiger partial charge in [0.25, 0.3) is 17.0 Å². The topological polar surface area (TPSA) is 97.4 Å². The van der Waals surface area contributed by atoms with Crippen LogP contribution in [-0.2, 0) is 4.79 Å². The van der Waals surface area contributed by atoms with E-state index in [1.165, 1.54) is 17.8 Å². The second-order valence-electron chi connectivity index (χ2n) is 9.67. The maximum absolute atomic E-state index is 13.6. The molecule has 0 aliphatic heterocycles. The van der Waals surface area contributed by atoms with Crippen molar-refractivity contribution in [2.24, 2.45) is 0 Å². The minimum atomic E-state index is -0.439. The Morgan fingerprint density at radius 1 is 0.744 bits per heavy atom. The minimum Gasteiger partial charge on any atom is -0.450 e. The maximum atomic E-state index is 13.6. The summed E-state index contributed by atoms with van der Waals surface area (Å²) in [6.45, 7) is 0.322. The van der Waals surface area contributed by atoms with Gasteiger partial charge in [0.05, 0.1) is 0 Å². The number of benzene rings is 4. The molecule has 0 aliphatic carbocycles. The van der Waals surface area contributed by atoms with Gasteiger partial charge in [0.15, 0.2) is 10.7 Å². The van der Waals surface area contributed by atoms with Crippen molar-refractivity contribution in [3.05, 3.63) is 156 Å². The van der Waals surface area contributed by atoms with Gasteiger partial charge in [0.1, 0.15) is 17.0 Å². The molecule has 212 valence electrons. The Balaban J connectivity index is 1.24. The van der Waals surface area contributed by atoms with Crippen LogP contribution >= 0.6 is 11.8 Å². The smallest absolute Gasteiger partial charge is 0.267 e. The summed E-state index contributed by atoms with van der Waals surface area (Å²) in [6, 6.07) is 39.7. The third-order valence-corrected chi connectivity index (χ3v) is 7.52. The molecule has 0 atom stereocenters. The Labute approximate surface area is 252 Å². The average Bonchev–Trinajstić information content (AvgIpc) is 3.68. The van der Waals surface area contributed by atoms with Crippen LogP contribution in [0, 0.1) is 0 Å². The Hall–Kier alpha value is -5.34. The third-order valence-electron chi connectivity index (χ3n) is 6.75. The quantitative estimate of drug-likeness (QED) is 0.164. The number of para-hydroxylation sites is 2. The number of amides is 2. The molecule has 0 fully saturated rings. The summed E-state index contributed by atoms with van der Waals surface area (Å²) in [7, 11) is 0. The van der Waals surface area contributed by atoms with Gasteiger partial charge in [-0.2, -0.15) is 0 Å². The van der Waals surface area contributed by atoms with Crippen LogP contribution in [0.3, 0.4) is 0 Å². The van der Waals surface area contributed by atoms with Gasteiger partial charge in [0, 0.05) is 35.9 Å². The molecule has 7 nitrogen and oxygen atoms in total. The Bertz CT molecular complexity index is 1790. The van der Waals surface area contributed by atoms with Crippen molar-refractivity contribution in [1.82, 2.24) is 15.6 Å². The van der Waals surface area contributed by atoms with Crippen LogP contribution in [0.1, 0.15) is 33.2 Å². The summed E-state index contributed by atoms with van der Waals surface area (Å²) < 4.78 is 11.8. The van der Waals surface area contributed by atoms with Crippen LogP contribution in [0.15, 0.2) is 152 Å². The lowest BCUT2D eigenvalue weighted by atomic mass is 9.91. The molecule has 2 amide bonds. The predicted molar refractivity (Wildman–Crippen MR) is 166 cm³/mol. The summed E-state index contributed by atoms with van der Waals surface area (Å²) in [6.07, 6.45) is 1.52. The van der Waals surface area contributed by atoms with Crippen LogP contribution in [-0.4, -0.2) is 23.3 Å². The summed E-state index contributed by atoms with van der Waals surface area (Å²) in [4.78, 5) is 31.2. The zero-order valence-corrected chi connectivity index (χ0v) is 23.8. The fourth-order valence-corrected chi connectivity index (χ4v) is 5.34. The normalized spacial score (nSPS) is 11.5. The molecule has 0 saturated carbocycles. The van der Waals surface area contributed by atoms with Crippen molar-refractivity contribution in [2.45, 2.75) is 16.2 Å². The van der Waals surface area contributed by atoms with Crippen molar-refractivity contribution in [2.75, 3.05) is 6.54 Å². The van der Waals surface area contributed by atoms with Gasteiger partial charge in [0.2, 0.25) is 0 Å². The molecule has 43 heavy (non-hydrogen) atoms. The molecule has 0 spiro atoms. The first kappa shape index (κ1) is 27.8. The van der Waals surface area contributed by atoms with Crippen molar-refractivity contribution in [3.63, 3.8) is 0 Å². The summed E-state index contributed by atoms with van der Waals surface area (Å²) in [5.74, 6) is -0.539. The molecule has 2 aromatic heterocycles. The monoisotopic (exact) mass is 585 g/mol. The maximum Gasteiger partial charge on any atom is 0.267 e. The zero-order chi connectivity index (χ0) is 29.4. The van der Waals surface area contributed by atoms with Crippen LogP contribution in [0.5, 0.6) is 0 Å². The summed E-state index contributed by atoms with van der Waals surface area (Å²) in [5.41, 5.74) is 4.06. The predicted octanol–water partition coefficient (Wildman–Crippen LogP) is 7.29. The number of furan rings is 1. The van der Waals surface area contributed by atoms with E-state index in [-0.39, 0.29) is 11.6 Å². The zero-order valence-electron chi connectivity index (χ0n) is 23.0. The molecule has 0 unspecified atom stereocenters. The molecule has 0 aliphatic rings. The van der Waals surface area contributed by atoms with E-state index in [1.54, 1.807) is 36.4 Å². The second kappa shape index (κ2) is 13.1. The minimum absolute atomic E-state index is 0.0569. The van der Waals surface area contributed by atoms with E-state index in [9.17, 15) is 9.59 Å². The second-order valence-corrected chi connectivity index (χ2v) is 10.6. The van der Waals surface area contributed by atoms with E-state index in [1.807, 2.05) is 91.0 Å². The van der Waals surface area contributed by atoms with Gasteiger partial charge >= 0.3 is 0 Å². The lowest BCUT2D eigenvalue weighted by Gasteiger charge is -2.19. The highest BCUT2D eigenvalue weighted by Crippen LogP contribution is 2.31. The standard InChI is InChI=1S/C35H27N3O4S/c39-33(26-16-8-3-9-17-26)37-30(22-27-20-21-32(41-27)43-35-38-29-18-10-11-19-31(29)42-35)34(40)36-23-28(24-12-4-1-5-13-24)25-14-6-2-7-15-25/h1-22,28H,23H2,(H,36,40)(H,37,39)/b30-22-. The Morgan fingerprint density at radius 2 is 1.37 bits per heavy atom. The largest absolute Gasteiger partial charge is 0.450 e. The number of nitrogens with zero attached hydrogens (tertiary/aromatic N) is 1. The lowest BCUT2D eigenvalue weighted by molar-refractivity contribution is -0.117. The van der Waals surface area contributed by atoms with E-state index in [4.69, 9.17) is 8.83 Å². The molecule has 0 bridgehead atoms. The van der Waals surface area contributed by atoms with Gasteiger partial charge in [-0.05, 0) is 47.5 Å². The van der Waals surface area contributed by atoms with Crippen molar-refractivity contribution >= 4 is 40.8 Å². The number of oxazole rings is 1. The third kappa shape index (κ3) is 6.94. The van der Waals surface area contributed by atoms with Crippen molar-refractivity contribution < 1.29 is 18.4 Å². The van der Waals surface area contributed by atoms with Gasteiger partial charge in [-0.1, -0.05) is 91.0 Å². The fourth-order valence-electron chi connectivity index (χ4n) is 4.62. The number of aromatic nitrogens is 1. The lowest BCUT2D eigenvalue weighted by Crippen LogP contribution is -2.37. The molecular weight excluding hydrogens is 558 g/mol. The number of hydrogen-bond donors (Lipinski definition) is 2. The van der Waals surface area contributed by atoms with Crippen LogP contribution in [0.25, 0.3) is 17.2 Å². The fraction of sp³-hybridized carbons (Fsp3) is 0.0571. The summed E-state index contributed by atoms with van der Waals surface area (Å²) >= 11 is 1.23. The molecule has 2 N–H and O–H groups in total. The van der Waals surface area contributed by atoms with Crippen LogP contribution < -0.4 is 10.6 Å². The van der Waals surface area contributed by atoms with Gasteiger partial charge in [-0.15, -0.1) is 0 Å². The molecule has 0 radical (unpaired) electrons. The highest BCUT2D eigenvalue weighted by atomic mass is 32.2. The number of hydrogen-bond acceptors (Lipinski definition) is 6. The average molecular weight is 586 g/mol. The first-order chi connectivity index (χ1) is 21.1. The van der Waals surface area contributed by atoms with E-state index in [0.29, 0.717) is 33.8 Å². The van der Waals surface area contributed by atoms with Crippen molar-refractivity contribution in [3.8, 4) is 0 Å². The molecular formula is C35H27N3O4S. The van der Waals surface area contributed by atoms with Crippen LogP contribution in [0.4, 0.5) is 0 Å². The van der Waals surface area contributed by atoms with Crippen molar-refractivity contribution in [1.29, 1.82) is 0 Å². The number of rotatable bonds is 10. The number of carbonyl (C=O) groups is 2. The molecule has 4 aromatic carbocycles. The van der Waals surface area contributed by atoms with Gasteiger partial charge in [-0.3, -0.25) is 9.59 Å². The first-order valence-electron chi connectivity index (χ1n) is 13.7. The molecule has 6 rings (SSSR count). The first-order valence-corrected chi connectivity index (χ1v) is 14.5. The SMILES string of the molecule is O=C(NCC(c1ccccc1)c1ccccc1)/C(=C/c1ccc(Sc2nc3ccccc3o2)o1)NC(=O)c1ccccc1. The molecule has 6 aromatic rings. The van der Waals surface area contributed by atoms with Gasteiger partial charge < -0.3 is 19.5 Å². The van der Waals surface area contributed by atoms with E-state index in [2.05, 4.69) is 15.6 Å². The molecule has 8 heteroatoms. The Kier molecular flexibility index (Phi) is 8.47. The molecule has 0 saturated heterocycles. The number of fused-ring (bicyclic) bond motifs is 1. The highest BCUT2D eigenvalue weighted by Gasteiger charge is 2.20. The molecule has 2 heterocycles.